The molecule has 0 aliphatic rings. The smallest absolute Gasteiger partial charge is 0.123 e. The molecule has 2 rings (SSSR count). The fourth-order valence-electron chi connectivity index (χ4n) is 1.66. The molecule has 0 bridgehead atoms. The summed E-state index contributed by atoms with van der Waals surface area (Å²) in [6, 6.07) is 6.65. The molecule has 16 heavy (non-hydrogen) atoms. The van der Waals surface area contributed by atoms with Gasteiger partial charge in [0.05, 0.1) is 11.4 Å². The molecule has 0 aliphatic carbocycles. The van der Waals surface area contributed by atoms with Crippen molar-refractivity contribution in [1.29, 1.82) is 0 Å². The molecule has 0 spiro atoms. The van der Waals surface area contributed by atoms with E-state index in [-0.39, 0.29) is 5.82 Å². The summed E-state index contributed by atoms with van der Waals surface area (Å²) < 4.78 is 14.9. The van der Waals surface area contributed by atoms with Gasteiger partial charge in [0, 0.05) is 12.7 Å². The summed E-state index contributed by atoms with van der Waals surface area (Å²) in [4.78, 5) is 0. The first-order valence-electron chi connectivity index (χ1n) is 5.16. The van der Waals surface area contributed by atoms with Crippen molar-refractivity contribution >= 4 is 0 Å². The van der Waals surface area contributed by atoms with E-state index in [0.717, 1.165) is 16.9 Å². The van der Waals surface area contributed by atoms with E-state index in [1.807, 2.05) is 26.2 Å². The van der Waals surface area contributed by atoms with Crippen LogP contribution in [0.5, 0.6) is 0 Å². The van der Waals surface area contributed by atoms with E-state index in [9.17, 15) is 4.39 Å². The molecule has 1 N–H and O–H groups in total. The molecule has 0 saturated carbocycles. The zero-order valence-corrected chi connectivity index (χ0v) is 9.37. The minimum Gasteiger partial charge on any atom is -0.316 e. The molecule has 0 unspecified atom stereocenters. The second kappa shape index (κ2) is 4.45. The average molecular weight is 219 g/mol. The van der Waals surface area contributed by atoms with Gasteiger partial charge in [0.15, 0.2) is 0 Å². The maximum atomic E-state index is 13.1. The van der Waals surface area contributed by atoms with Crippen LogP contribution >= 0.6 is 0 Å². The summed E-state index contributed by atoms with van der Waals surface area (Å²) in [7, 11) is 1.84. The maximum Gasteiger partial charge on any atom is 0.123 e. The number of hydrogen-bond acceptors (Lipinski definition) is 2. The molecule has 0 saturated heterocycles. The lowest BCUT2D eigenvalue weighted by Gasteiger charge is -2.09. The highest BCUT2D eigenvalue weighted by molar-refractivity contribution is 5.40. The lowest BCUT2D eigenvalue weighted by molar-refractivity contribution is 0.622. The van der Waals surface area contributed by atoms with Crippen LogP contribution in [0.1, 0.15) is 11.3 Å². The van der Waals surface area contributed by atoms with Crippen LogP contribution < -0.4 is 5.32 Å². The predicted octanol–water partition coefficient (Wildman–Crippen LogP) is 2.04. The SMILES string of the molecule is CNCc1cc(F)ccc1-n1ccc(C)n1. The molecule has 2 aromatic rings. The molecule has 3 nitrogen and oxygen atoms in total. The zero-order valence-electron chi connectivity index (χ0n) is 9.37. The minimum absolute atomic E-state index is 0.224. The maximum absolute atomic E-state index is 13.1. The number of aryl methyl sites for hydroxylation is 1. The Morgan fingerprint density at radius 2 is 2.19 bits per heavy atom. The van der Waals surface area contributed by atoms with Gasteiger partial charge in [-0.15, -0.1) is 0 Å². The van der Waals surface area contributed by atoms with Crippen LogP contribution in [0.4, 0.5) is 4.39 Å². The highest BCUT2D eigenvalue weighted by Gasteiger charge is 2.06. The third-order valence-corrected chi connectivity index (χ3v) is 2.38. The summed E-state index contributed by atoms with van der Waals surface area (Å²) in [6.07, 6.45) is 1.88. The van der Waals surface area contributed by atoms with E-state index in [1.165, 1.54) is 12.1 Å². The number of rotatable bonds is 3. The van der Waals surface area contributed by atoms with E-state index < -0.39 is 0 Å². The topological polar surface area (TPSA) is 29.9 Å². The minimum atomic E-state index is -0.224. The third-order valence-electron chi connectivity index (χ3n) is 2.38. The van der Waals surface area contributed by atoms with E-state index >= 15 is 0 Å². The van der Waals surface area contributed by atoms with Crippen LogP contribution in [0.15, 0.2) is 30.5 Å². The molecule has 0 atom stereocenters. The summed E-state index contributed by atoms with van der Waals surface area (Å²) >= 11 is 0. The number of nitrogens with zero attached hydrogens (tertiary/aromatic N) is 2. The van der Waals surface area contributed by atoms with Gasteiger partial charge >= 0.3 is 0 Å². The lowest BCUT2D eigenvalue weighted by Crippen LogP contribution is -2.10. The average Bonchev–Trinajstić information content (AvgIpc) is 2.65. The molecule has 4 heteroatoms. The van der Waals surface area contributed by atoms with Crippen molar-refractivity contribution < 1.29 is 4.39 Å². The summed E-state index contributed by atoms with van der Waals surface area (Å²) in [6.45, 7) is 2.55. The van der Waals surface area contributed by atoms with Crippen LogP contribution in [0.25, 0.3) is 5.69 Å². The van der Waals surface area contributed by atoms with Crippen LogP contribution in [0, 0.1) is 12.7 Å². The van der Waals surface area contributed by atoms with E-state index in [1.54, 1.807) is 10.7 Å². The van der Waals surface area contributed by atoms with Crippen molar-refractivity contribution in [3.8, 4) is 5.69 Å². The van der Waals surface area contributed by atoms with Gasteiger partial charge in [0.25, 0.3) is 0 Å². The number of hydrogen-bond donors (Lipinski definition) is 1. The van der Waals surface area contributed by atoms with Crippen molar-refractivity contribution in [3.63, 3.8) is 0 Å². The fraction of sp³-hybridized carbons (Fsp3) is 0.250. The summed E-state index contributed by atoms with van der Waals surface area (Å²) in [5, 5.41) is 7.34. The molecule has 84 valence electrons. The Bertz CT molecular complexity index is 491. The Morgan fingerprint density at radius 3 is 2.81 bits per heavy atom. The highest BCUT2D eigenvalue weighted by atomic mass is 19.1. The zero-order chi connectivity index (χ0) is 11.5. The van der Waals surface area contributed by atoms with E-state index in [4.69, 9.17) is 0 Å². The number of halogens is 1. The van der Waals surface area contributed by atoms with Gasteiger partial charge in [-0.2, -0.15) is 5.10 Å². The van der Waals surface area contributed by atoms with E-state index in [0.29, 0.717) is 6.54 Å². The Balaban J connectivity index is 2.47. The number of nitrogens with one attached hydrogen (secondary N) is 1. The second-order valence-electron chi connectivity index (χ2n) is 3.71. The predicted molar refractivity (Wildman–Crippen MR) is 61.0 cm³/mol. The van der Waals surface area contributed by atoms with Gasteiger partial charge in [0.2, 0.25) is 0 Å². The molecule has 0 fully saturated rings. The number of aromatic nitrogens is 2. The largest absolute Gasteiger partial charge is 0.316 e. The van der Waals surface area contributed by atoms with Gasteiger partial charge in [-0.1, -0.05) is 0 Å². The van der Waals surface area contributed by atoms with Gasteiger partial charge in [0.1, 0.15) is 5.82 Å². The first-order chi connectivity index (χ1) is 7.70. The molecule has 0 aliphatic heterocycles. The Kier molecular flexibility index (Phi) is 3.01. The van der Waals surface area contributed by atoms with Gasteiger partial charge < -0.3 is 5.32 Å². The second-order valence-corrected chi connectivity index (χ2v) is 3.71. The molecule has 1 heterocycles. The molecular weight excluding hydrogens is 205 g/mol. The summed E-state index contributed by atoms with van der Waals surface area (Å²) in [5.74, 6) is -0.224. The van der Waals surface area contributed by atoms with Gasteiger partial charge in [-0.3, -0.25) is 0 Å². The standard InChI is InChI=1S/C12H14FN3/c1-9-5-6-16(15-9)12-4-3-11(13)7-10(12)8-14-2/h3-7,14H,8H2,1-2H3. The molecule has 0 amide bonds. The molecule has 1 aromatic carbocycles. The lowest BCUT2D eigenvalue weighted by atomic mass is 10.1. The van der Waals surface area contributed by atoms with Gasteiger partial charge in [-0.05, 0) is 43.8 Å². The number of benzene rings is 1. The molecular formula is C12H14FN3. The monoisotopic (exact) mass is 219 g/mol. The first-order valence-corrected chi connectivity index (χ1v) is 5.16. The van der Waals surface area contributed by atoms with Crippen molar-refractivity contribution in [2.75, 3.05) is 7.05 Å². The van der Waals surface area contributed by atoms with Crippen molar-refractivity contribution in [2.45, 2.75) is 13.5 Å². The third kappa shape index (κ3) is 2.12. The van der Waals surface area contributed by atoms with Crippen LogP contribution in [-0.2, 0) is 6.54 Å². The van der Waals surface area contributed by atoms with Crippen molar-refractivity contribution in [1.82, 2.24) is 15.1 Å². The Labute approximate surface area is 93.9 Å². The van der Waals surface area contributed by atoms with Gasteiger partial charge in [-0.25, -0.2) is 9.07 Å². The van der Waals surface area contributed by atoms with Crippen molar-refractivity contribution in [3.05, 3.63) is 47.5 Å². The Morgan fingerprint density at radius 1 is 1.38 bits per heavy atom. The first kappa shape index (κ1) is 10.8. The summed E-state index contributed by atoms with van der Waals surface area (Å²) in [5.41, 5.74) is 2.74. The van der Waals surface area contributed by atoms with Crippen LogP contribution in [-0.4, -0.2) is 16.8 Å². The van der Waals surface area contributed by atoms with Crippen LogP contribution in [0.2, 0.25) is 0 Å². The fourth-order valence-corrected chi connectivity index (χ4v) is 1.66. The van der Waals surface area contributed by atoms with Crippen molar-refractivity contribution in [2.24, 2.45) is 0 Å². The quantitative estimate of drug-likeness (QED) is 0.856. The Hall–Kier alpha value is -1.68. The highest BCUT2D eigenvalue weighted by Crippen LogP contribution is 2.15. The normalized spacial score (nSPS) is 10.7. The van der Waals surface area contributed by atoms with Crippen LogP contribution in [0.3, 0.4) is 0 Å². The molecule has 1 aromatic heterocycles. The molecule has 0 radical (unpaired) electrons. The van der Waals surface area contributed by atoms with E-state index in [2.05, 4.69) is 10.4 Å².